The van der Waals surface area contributed by atoms with E-state index >= 15 is 0 Å². The second-order valence-corrected chi connectivity index (χ2v) is 14.5. The van der Waals surface area contributed by atoms with Crippen LogP contribution in [0.2, 0.25) is 0 Å². The molecule has 0 fully saturated rings. The molecule has 0 amide bonds. The molecule has 6 heteroatoms. The molecule has 4 heterocycles. The topological polar surface area (TPSA) is 53.5 Å². The summed E-state index contributed by atoms with van der Waals surface area (Å²) < 4.78 is 6.97. The molecule has 0 aliphatic carbocycles. The molecular weight excluding hydrogens is 697 g/mol. The summed E-state index contributed by atoms with van der Waals surface area (Å²) in [5.41, 5.74) is 10.9. The van der Waals surface area contributed by atoms with Crippen LogP contribution < -0.4 is 0 Å². The van der Waals surface area contributed by atoms with Crippen LogP contribution in [-0.4, -0.2) is 28.7 Å². The molecule has 0 unspecified atom stereocenters. The normalized spacial score (nSPS) is 11.9. The minimum Gasteiger partial charge on any atom is -0.309 e. The fourth-order valence-corrected chi connectivity index (χ4v) is 8.77. The fraction of sp³-hybridized carbons (Fsp3) is 0. The number of hydrogen-bond donors (Lipinski definition) is 0. The van der Waals surface area contributed by atoms with Gasteiger partial charge in [0.1, 0.15) is 0 Å². The molecule has 0 saturated carbocycles. The fourth-order valence-electron chi connectivity index (χ4n) is 8.77. The Morgan fingerprint density at radius 1 is 0.263 bits per heavy atom. The van der Waals surface area contributed by atoms with Crippen molar-refractivity contribution in [1.29, 1.82) is 0 Å². The van der Waals surface area contributed by atoms with Crippen LogP contribution in [0.3, 0.4) is 0 Å². The van der Waals surface area contributed by atoms with Crippen LogP contribution >= 0.6 is 0 Å². The summed E-state index contributed by atoms with van der Waals surface area (Å²) in [6.07, 6.45) is 0. The van der Waals surface area contributed by atoms with E-state index in [-0.39, 0.29) is 0 Å². The van der Waals surface area contributed by atoms with Crippen molar-refractivity contribution in [2.24, 2.45) is 0 Å². The molecule has 266 valence electrons. The molecule has 0 atom stereocenters. The Bertz CT molecular complexity index is 3390. The Balaban J connectivity index is 1.09. The summed E-state index contributed by atoms with van der Waals surface area (Å²) in [7, 11) is 0. The Morgan fingerprint density at radius 3 is 1.04 bits per heavy atom. The summed E-state index contributed by atoms with van der Waals surface area (Å²) in [6, 6.07) is 68.5. The van der Waals surface area contributed by atoms with E-state index in [0.29, 0.717) is 17.6 Å². The van der Waals surface area contributed by atoms with E-state index in [4.69, 9.17) is 15.0 Å². The number of benzene rings is 8. The van der Waals surface area contributed by atoms with Gasteiger partial charge in [-0.2, -0.15) is 9.97 Å². The van der Waals surface area contributed by atoms with Gasteiger partial charge >= 0.3 is 0 Å². The van der Waals surface area contributed by atoms with Crippen LogP contribution in [0.4, 0.5) is 0 Å². The zero-order valence-corrected chi connectivity index (χ0v) is 30.7. The van der Waals surface area contributed by atoms with Crippen molar-refractivity contribution in [3.8, 4) is 40.1 Å². The molecule has 0 bridgehead atoms. The largest absolute Gasteiger partial charge is 0.309 e. The van der Waals surface area contributed by atoms with Gasteiger partial charge in [-0.3, -0.25) is 4.57 Å². The van der Waals surface area contributed by atoms with E-state index in [9.17, 15) is 0 Å². The number of rotatable bonds is 5. The van der Waals surface area contributed by atoms with Crippen LogP contribution in [0.15, 0.2) is 194 Å². The van der Waals surface area contributed by atoms with Gasteiger partial charge in [0, 0.05) is 54.8 Å². The van der Waals surface area contributed by atoms with Crippen molar-refractivity contribution in [2.75, 3.05) is 0 Å². The summed E-state index contributed by atoms with van der Waals surface area (Å²) >= 11 is 0. The third-order valence-electron chi connectivity index (χ3n) is 11.3. The molecule has 0 aliphatic heterocycles. The first-order chi connectivity index (χ1) is 28.3. The highest BCUT2D eigenvalue weighted by molar-refractivity contribution is 6.19. The van der Waals surface area contributed by atoms with E-state index in [1.165, 1.54) is 27.2 Å². The van der Waals surface area contributed by atoms with Crippen LogP contribution in [0.25, 0.3) is 106 Å². The lowest BCUT2D eigenvalue weighted by Gasteiger charge is -2.12. The molecule has 0 radical (unpaired) electrons. The maximum atomic E-state index is 5.17. The van der Waals surface area contributed by atoms with E-state index in [1.54, 1.807) is 0 Å². The van der Waals surface area contributed by atoms with Gasteiger partial charge in [-0.05, 0) is 60.7 Å². The Morgan fingerprint density at radius 2 is 0.596 bits per heavy atom. The number of nitrogens with zero attached hydrogens (tertiary/aromatic N) is 6. The van der Waals surface area contributed by atoms with Gasteiger partial charge in [0.25, 0.3) is 0 Å². The lowest BCUT2D eigenvalue weighted by atomic mass is 10.1. The molecule has 0 aliphatic rings. The minimum absolute atomic E-state index is 0.581. The quantitative estimate of drug-likeness (QED) is 0.177. The monoisotopic (exact) mass is 728 g/mol. The predicted molar refractivity (Wildman–Crippen MR) is 234 cm³/mol. The Labute approximate surface area is 327 Å². The average Bonchev–Trinajstić information content (AvgIpc) is 3.91. The third-order valence-corrected chi connectivity index (χ3v) is 11.3. The zero-order valence-electron chi connectivity index (χ0n) is 30.7. The second-order valence-electron chi connectivity index (χ2n) is 14.5. The van der Waals surface area contributed by atoms with Crippen LogP contribution in [0, 0.1) is 0 Å². The van der Waals surface area contributed by atoms with Crippen molar-refractivity contribution >= 4 is 65.4 Å². The van der Waals surface area contributed by atoms with Crippen molar-refractivity contribution in [3.63, 3.8) is 0 Å². The first-order valence-electron chi connectivity index (χ1n) is 19.2. The van der Waals surface area contributed by atoms with E-state index < -0.39 is 0 Å². The molecule has 12 rings (SSSR count). The van der Waals surface area contributed by atoms with Crippen LogP contribution in [0.1, 0.15) is 0 Å². The molecule has 57 heavy (non-hydrogen) atoms. The van der Waals surface area contributed by atoms with Crippen LogP contribution in [-0.2, 0) is 0 Å². The lowest BCUT2D eigenvalue weighted by molar-refractivity contribution is 0.954. The molecule has 4 aromatic heterocycles. The average molecular weight is 729 g/mol. The van der Waals surface area contributed by atoms with Gasteiger partial charge in [0.2, 0.25) is 5.95 Å². The number of hydrogen-bond acceptors (Lipinski definition) is 3. The van der Waals surface area contributed by atoms with Gasteiger partial charge in [0.05, 0.1) is 33.1 Å². The highest BCUT2D eigenvalue weighted by atomic mass is 15.2. The molecular formula is C51H32N6. The third kappa shape index (κ3) is 4.81. The van der Waals surface area contributed by atoms with Gasteiger partial charge in [-0.15, -0.1) is 0 Å². The molecule has 12 aromatic rings. The molecule has 6 nitrogen and oxygen atoms in total. The van der Waals surface area contributed by atoms with E-state index in [0.717, 1.165) is 60.7 Å². The standard InChI is InChI=1S/C51H32N6/c1-3-15-33(16-4-1)49-52-50(34-17-5-2-6-18-34)54-51(53-49)57-46-26-14-10-22-40(46)42-31-47-41(32-48(42)57)39-21-9-13-25-45(39)56(47)36-29-27-35(28-30-36)55-43-23-11-7-19-37(43)38-20-8-12-24-44(38)55/h1-32H. The molecule has 0 N–H and O–H groups in total. The molecule has 0 saturated heterocycles. The SMILES string of the molecule is c1ccc(-c2nc(-c3ccccc3)nc(-n3c4ccccc4c4cc5c(cc43)c3ccccc3n5-c3ccc(-n4c5ccccc5c5ccccc54)cc3)n2)cc1. The van der Waals surface area contributed by atoms with E-state index in [1.807, 2.05) is 60.7 Å². The zero-order chi connectivity index (χ0) is 37.5. The maximum Gasteiger partial charge on any atom is 0.238 e. The highest BCUT2D eigenvalue weighted by Crippen LogP contribution is 2.40. The summed E-state index contributed by atoms with van der Waals surface area (Å²) in [5, 5.41) is 7.13. The highest BCUT2D eigenvalue weighted by Gasteiger charge is 2.21. The number of para-hydroxylation sites is 4. The molecule has 8 aromatic carbocycles. The predicted octanol–water partition coefficient (Wildman–Crippen LogP) is 12.5. The summed E-state index contributed by atoms with van der Waals surface area (Å²) in [4.78, 5) is 15.3. The van der Waals surface area contributed by atoms with Crippen molar-refractivity contribution < 1.29 is 0 Å². The maximum absolute atomic E-state index is 5.17. The van der Waals surface area contributed by atoms with Gasteiger partial charge in [-0.1, -0.05) is 133 Å². The van der Waals surface area contributed by atoms with Gasteiger partial charge in [0.15, 0.2) is 11.6 Å². The lowest BCUT2D eigenvalue weighted by Crippen LogP contribution is -2.06. The summed E-state index contributed by atoms with van der Waals surface area (Å²) in [6.45, 7) is 0. The first-order valence-corrected chi connectivity index (χ1v) is 19.2. The van der Waals surface area contributed by atoms with Gasteiger partial charge < -0.3 is 9.13 Å². The van der Waals surface area contributed by atoms with Crippen molar-refractivity contribution in [1.82, 2.24) is 28.7 Å². The first kappa shape index (κ1) is 31.5. The number of fused-ring (bicyclic) bond motifs is 9. The Hall–Kier alpha value is -7.83. The number of aromatic nitrogens is 6. The minimum atomic E-state index is 0.581. The smallest absolute Gasteiger partial charge is 0.238 e. The van der Waals surface area contributed by atoms with Gasteiger partial charge in [-0.25, -0.2) is 4.98 Å². The second kappa shape index (κ2) is 12.3. The van der Waals surface area contributed by atoms with Crippen molar-refractivity contribution in [3.05, 3.63) is 194 Å². The summed E-state index contributed by atoms with van der Waals surface area (Å²) in [5.74, 6) is 1.84. The van der Waals surface area contributed by atoms with E-state index in [2.05, 4.69) is 147 Å². The van der Waals surface area contributed by atoms with Crippen molar-refractivity contribution in [2.45, 2.75) is 0 Å². The molecule has 0 spiro atoms. The Kier molecular flexibility index (Phi) is 6.83. The van der Waals surface area contributed by atoms with Crippen LogP contribution in [0.5, 0.6) is 0 Å².